The van der Waals surface area contributed by atoms with Gasteiger partial charge in [0, 0.05) is 13.1 Å². The Kier molecular flexibility index (Phi) is 3.29. The zero-order valence-electron chi connectivity index (χ0n) is 8.09. The molecule has 0 aliphatic carbocycles. The molecule has 0 amide bonds. The molecule has 0 saturated carbocycles. The molecule has 0 radical (unpaired) electrons. The Hall–Kier alpha value is -0.830. The van der Waals surface area contributed by atoms with E-state index in [4.69, 9.17) is 0 Å². The van der Waals surface area contributed by atoms with Crippen LogP contribution in [0.5, 0.6) is 0 Å². The molecular weight excluding hydrogens is 150 g/mol. The smallest absolute Gasteiger partial charge is 0.0597 e. The summed E-state index contributed by atoms with van der Waals surface area (Å²) >= 11 is 0. The van der Waals surface area contributed by atoms with E-state index in [1.165, 1.54) is 5.69 Å². The molecule has 1 aromatic rings. The maximum Gasteiger partial charge on any atom is 0.0597 e. The Morgan fingerprint density at radius 2 is 2.25 bits per heavy atom. The van der Waals surface area contributed by atoms with Crippen LogP contribution in [0.15, 0.2) is 6.07 Å². The van der Waals surface area contributed by atoms with Crippen molar-refractivity contribution in [3.8, 4) is 0 Å². The van der Waals surface area contributed by atoms with Gasteiger partial charge < -0.3 is 5.32 Å². The Labute approximate surface area is 73.8 Å². The van der Waals surface area contributed by atoms with Crippen LogP contribution in [0.3, 0.4) is 0 Å². The number of nitrogens with zero attached hydrogens (tertiary/aromatic N) is 2. The normalized spacial score (nSPS) is 14.6. The average molecular weight is 167 g/mol. The number of aryl methyl sites for hydroxylation is 1. The van der Waals surface area contributed by atoms with Crippen LogP contribution >= 0.6 is 0 Å². The Morgan fingerprint density at radius 1 is 1.50 bits per heavy atom. The lowest BCUT2D eigenvalue weighted by molar-refractivity contribution is 0.474. The third kappa shape index (κ3) is 1.85. The first-order valence-corrected chi connectivity index (χ1v) is 4.60. The van der Waals surface area contributed by atoms with E-state index in [2.05, 4.69) is 21.2 Å². The molecule has 2 heterocycles. The van der Waals surface area contributed by atoms with Gasteiger partial charge in [-0.05, 0) is 13.0 Å². The molecular formula is C9H17N3. The van der Waals surface area contributed by atoms with Crippen molar-refractivity contribution in [1.82, 2.24) is 15.1 Å². The van der Waals surface area contributed by atoms with Crippen molar-refractivity contribution in [1.29, 1.82) is 0 Å². The first-order chi connectivity index (χ1) is 5.86. The van der Waals surface area contributed by atoms with Gasteiger partial charge in [0.1, 0.15) is 0 Å². The molecule has 1 aliphatic heterocycles. The minimum absolute atomic E-state index is 0.973. The van der Waals surface area contributed by atoms with Gasteiger partial charge in [-0.15, -0.1) is 0 Å². The largest absolute Gasteiger partial charge is 0.309 e. The highest BCUT2D eigenvalue weighted by Crippen LogP contribution is 2.05. The molecule has 68 valence electrons. The molecule has 0 aromatic carbocycles. The number of nitrogens with one attached hydrogen (secondary N) is 1. The van der Waals surface area contributed by atoms with E-state index in [9.17, 15) is 0 Å². The van der Waals surface area contributed by atoms with Crippen molar-refractivity contribution in [2.75, 3.05) is 6.54 Å². The van der Waals surface area contributed by atoms with Crippen LogP contribution in [0.4, 0.5) is 0 Å². The highest BCUT2D eigenvalue weighted by Gasteiger charge is 2.08. The lowest BCUT2D eigenvalue weighted by Crippen LogP contribution is -2.28. The summed E-state index contributed by atoms with van der Waals surface area (Å²) in [6.45, 7) is 9.07. The van der Waals surface area contributed by atoms with Gasteiger partial charge in [-0.25, -0.2) is 0 Å². The van der Waals surface area contributed by atoms with Crippen LogP contribution < -0.4 is 5.32 Å². The standard InChI is InChI=1S/C7H11N3.C2H6/c1-6-4-7-5-8-2-3-10(7)9-6;1-2/h4,8H,2-3,5H2,1H3;1-2H3. The summed E-state index contributed by atoms with van der Waals surface area (Å²) in [5.41, 5.74) is 2.43. The van der Waals surface area contributed by atoms with Crippen molar-refractivity contribution in [2.45, 2.75) is 33.9 Å². The molecule has 3 nitrogen and oxygen atoms in total. The zero-order valence-corrected chi connectivity index (χ0v) is 8.09. The van der Waals surface area contributed by atoms with Crippen LogP contribution in [-0.4, -0.2) is 16.3 Å². The summed E-state index contributed by atoms with van der Waals surface area (Å²) in [7, 11) is 0. The van der Waals surface area contributed by atoms with Crippen molar-refractivity contribution < 1.29 is 0 Å². The lowest BCUT2D eigenvalue weighted by atomic mass is 10.3. The fourth-order valence-electron chi connectivity index (χ4n) is 1.34. The molecule has 2 rings (SSSR count). The highest BCUT2D eigenvalue weighted by atomic mass is 15.3. The van der Waals surface area contributed by atoms with Gasteiger partial charge in [-0.1, -0.05) is 13.8 Å². The number of rotatable bonds is 0. The van der Waals surface area contributed by atoms with Gasteiger partial charge in [0.25, 0.3) is 0 Å². The van der Waals surface area contributed by atoms with Gasteiger partial charge in [0.2, 0.25) is 0 Å². The van der Waals surface area contributed by atoms with Crippen molar-refractivity contribution in [3.63, 3.8) is 0 Å². The summed E-state index contributed by atoms with van der Waals surface area (Å²) in [5, 5.41) is 7.62. The molecule has 0 bridgehead atoms. The van der Waals surface area contributed by atoms with Gasteiger partial charge in [-0.2, -0.15) is 5.10 Å². The molecule has 12 heavy (non-hydrogen) atoms. The number of hydrogen-bond donors (Lipinski definition) is 1. The third-order valence-corrected chi connectivity index (χ3v) is 1.79. The maximum absolute atomic E-state index is 4.33. The Balaban J connectivity index is 0.000000336. The summed E-state index contributed by atoms with van der Waals surface area (Å²) in [6, 6.07) is 2.13. The van der Waals surface area contributed by atoms with Crippen LogP contribution in [-0.2, 0) is 13.1 Å². The molecule has 1 aromatic heterocycles. The van der Waals surface area contributed by atoms with Crippen molar-refractivity contribution >= 4 is 0 Å². The average Bonchev–Trinajstić information content (AvgIpc) is 2.48. The Morgan fingerprint density at radius 3 is 2.92 bits per heavy atom. The van der Waals surface area contributed by atoms with Crippen LogP contribution in [0.1, 0.15) is 25.2 Å². The van der Waals surface area contributed by atoms with Gasteiger partial charge in [-0.3, -0.25) is 4.68 Å². The van der Waals surface area contributed by atoms with Gasteiger partial charge >= 0.3 is 0 Å². The van der Waals surface area contributed by atoms with E-state index in [0.29, 0.717) is 0 Å². The van der Waals surface area contributed by atoms with E-state index < -0.39 is 0 Å². The van der Waals surface area contributed by atoms with E-state index >= 15 is 0 Å². The first kappa shape index (κ1) is 9.26. The lowest BCUT2D eigenvalue weighted by Gasteiger charge is -2.13. The fraction of sp³-hybridized carbons (Fsp3) is 0.667. The highest BCUT2D eigenvalue weighted by molar-refractivity contribution is 5.09. The van der Waals surface area contributed by atoms with Crippen LogP contribution in [0.25, 0.3) is 0 Å². The van der Waals surface area contributed by atoms with E-state index in [1.54, 1.807) is 0 Å². The Bertz CT molecular complexity index is 216. The number of fused-ring (bicyclic) bond motifs is 1. The molecule has 0 fully saturated rings. The molecule has 0 saturated heterocycles. The minimum Gasteiger partial charge on any atom is -0.309 e. The quantitative estimate of drug-likeness (QED) is 0.631. The number of aromatic nitrogens is 2. The predicted molar refractivity (Wildman–Crippen MR) is 50.0 cm³/mol. The van der Waals surface area contributed by atoms with Crippen LogP contribution in [0.2, 0.25) is 0 Å². The molecule has 0 atom stereocenters. The fourth-order valence-corrected chi connectivity index (χ4v) is 1.34. The van der Waals surface area contributed by atoms with Crippen molar-refractivity contribution in [2.24, 2.45) is 0 Å². The predicted octanol–water partition coefficient (Wildman–Crippen LogP) is 1.32. The molecule has 0 spiro atoms. The summed E-state index contributed by atoms with van der Waals surface area (Å²) in [4.78, 5) is 0. The molecule has 1 aliphatic rings. The van der Waals surface area contributed by atoms with Gasteiger partial charge in [0.15, 0.2) is 0 Å². The second-order valence-electron chi connectivity index (χ2n) is 2.68. The monoisotopic (exact) mass is 167 g/mol. The second kappa shape index (κ2) is 4.26. The molecule has 1 N–H and O–H groups in total. The van der Waals surface area contributed by atoms with E-state index in [1.807, 2.05) is 20.8 Å². The zero-order chi connectivity index (χ0) is 8.97. The second-order valence-corrected chi connectivity index (χ2v) is 2.68. The summed E-state index contributed by atoms with van der Waals surface area (Å²) in [5.74, 6) is 0. The first-order valence-electron chi connectivity index (χ1n) is 4.60. The molecule has 0 unspecified atom stereocenters. The van der Waals surface area contributed by atoms with Crippen LogP contribution in [0, 0.1) is 6.92 Å². The molecule has 3 heteroatoms. The maximum atomic E-state index is 4.33. The van der Waals surface area contributed by atoms with Crippen molar-refractivity contribution in [3.05, 3.63) is 17.5 Å². The third-order valence-electron chi connectivity index (χ3n) is 1.79. The minimum atomic E-state index is 0.973. The van der Waals surface area contributed by atoms with Gasteiger partial charge in [0.05, 0.1) is 17.9 Å². The SMILES string of the molecule is CC.Cc1cc2n(n1)CCNC2. The van der Waals surface area contributed by atoms with E-state index in [-0.39, 0.29) is 0 Å². The summed E-state index contributed by atoms with van der Waals surface area (Å²) in [6.07, 6.45) is 0. The topological polar surface area (TPSA) is 29.9 Å². The van der Waals surface area contributed by atoms with E-state index in [0.717, 1.165) is 25.3 Å². The number of hydrogen-bond acceptors (Lipinski definition) is 2. The summed E-state index contributed by atoms with van der Waals surface area (Å²) < 4.78 is 2.08.